The Kier molecular flexibility index (Phi) is 11.3. The van der Waals surface area contributed by atoms with Crippen LogP contribution < -0.4 is 5.32 Å². The molecule has 0 aromatic carbocycles. The third-order valence-corrected chi connectivity index (χ3v) is 3.59. The molecule has 0 saturated carbocycles. The number of halogens is 1. The quantitative estimate of drug-likeness (QED) is 0.267. The van der Waals surface area contributed by atoms with E-state index in [1.165, 1.54) is 12.2 Å². The minimum Gasteiger partial charge on any atom is -0.347 e. The topological polar surface area (TPSA) is 44.7 Å². The molecule has 0 bridgehead atoms. The van der Waals surface area contributed by atoms with Crippen molar-refractivity contribution in [3.05, 3.63) is 72.5 Å². The number of carbonyl (C=O) groups excluding carboxylic acids is 1. The van der Waals surface area contributed by atoms with Crippen molar-refractivity contribution in [3.8, 4) is 0 Å². The highest BCUT2D eigenvalue weighted by Crippen LogP contribution is 2.14. The van der Waals surface area contributed by atoms with E-state index in [0.717, 1.165) is 23.5 Å². The summed E-state index contributed by atoms with van der Waals surface area (Å²) in [5.74, 6) is 0.0978. The summed E-state index contributed by atoms with van der Waals surface area (Å²) in [4.78, 5) is 17.2. The third-order valence-electron chi connectivity index (χ3n) is 3.59. The molecule has 0 aromatic heterocycles. The van der Waals surface area contributed by atoms with Crippen LogP contribution in [-0.2, 0) is 4.79 Å². The number of hydrogen-bond acceptors (Lipinski definition) is 3. The Hall–Kier alpha value is -2.69. The molecule has 142 valence electrons. The summed E-state index contributed by atoms with van der Waals surface area (Å²) in [6.07, 6.45) is 10.5. The van der Waals surface area contributed by atoms with Gasteiger partial charge in [-0.25, -0.2) is 4.39 Å². The molecule has 0 radical (unpaired) electrons. The summed E-state index contributed by atoms with van der Waals surface area (Å²) >= 11 is 0. The van der Waals surface area contributed by atoms with Crippen molar-refractivity contribution >= 4 is 12.1 Å². The zero-order valence-corrected chi connectivity index (χ0v) is 16.4. The number of likely N-dealkylation sites (N-methyl/N-ethyl adjacent to an activating group) is 1. The average Bonchev–Trinajstić information content (AvgIpc) is 2.64. The van der Waals surface area contributed by atoms with Crippen LogP contribution in [0.5, 0.6) is 0 Å². The van der Waals surface area contributed by atoms with Crippen molar-refractivity contribution in [1.82, 2.24) is 10.2 Å². The second-order valence-electron chi connectivity index (χ2n) is 5.58. The lowest BCUT2D eigenvalue weighted by molar-refractivity contribution is -0.109. The molecule has 0 amide bonds. The van der Waals surface area contributed by atoms with Crippen molar-refractivity contribution in [2.24, 2.45) is 10.9 Å². The Labute approximate surface area is 156 Å². The van der Waals surface area contributed by atoms with Gasteiger partial charge in [0.05, 0.1) is 11.8 Å². The van der Waals surface area contributed by atoms with E-state index in [1.54, 1.807) is 30.9 Å². The Bertz CT molecular complexity index is 654. The van der Waals surface area contributed by atoms with E-state index < -0.39 is 0 Å². The van der Waals surface area contributed by atoms with Crippen molar-refractivity contribution in [2.75, 3.05) is 13.6 Å². The first-order valence-electron chi connectivity index (χ1n) is 8.50. The minimum atomic E-state index is -0.333. The Balaban J connectivity index is 5.55. The van der Waals surface area contributed by atoms with Crippen LogP contribution in [0.2, 0.25) is 0 Å². The van der Waals surface area contributed by atoms with Crippen LogP contribution in [0.3, 0.4) is 0 Å². The molecule has 1 N–H and O–H groups in total. The molecular weight excluding hydrogens is 329 g/mol. The largest absolute Gasteiger partial charge is 0.347 e. The van der Waals surface area contributed by atoms with Gasteiger partial charge in [0.2, 0.25) is 0 Å². The first-order valence-corrected chi connectivity index (χ1v) is 8.50. The number of hydrogen-bond donors (Lipinski definition) is 1. The lowest BCUT2D eigenvalue weighted by atomic mass is 10.1. The van der Waals surface area contributed by atoms with E-state index in [2.05, 4.69) is 23.5 Å². The molecule has 1 atom stereocenters. The smallest absolute Gasteiger partial charge is 0.128 e. The number of rotatable bonds is 10. The van der Waals surface area contributed by atoms with E-state index in [-0.39, 0.29) is 11.7 Å². The molecular formula is C21H30FN3O. The van der Waals surface area contributed by atoms with Gasteiger partial charge in [-0.15, -0.1) is 0 Å². The number of carbonyl (C=O) groups is 1. The molecule has 0 heterocycles. The van der Waals surface area contributed by atoms with E-state index in [1.807, 2.05) is 33.0 Å². The van der Waals surface area contributed by atoms with Crippen LogP contribution in [0, 0.1) is 5.92 Å². The van der Waals surface area contributed by atoms with Crippen LogP contribution in [0.25, 0.3) is 0 Å². The van der Waals surface area contributed by atoms with Crippen molar-refractivity contribution < 1.29 is 9.18 Å². The van der Waals surface area contributed by atoms with Gasteiger partial charge in [0.25, 0.3) is 0 Å². The fourth-order valence-electron chi connectivity index (χ4n) is 1.91. The number of nitrogens with zero attached hydrogens (tertiary/aromatic N) is 2. The van der Waals surface area contributed by atoms with Gasteiger partial charge >= 0.3 is 0 Å². The fraction of sp³-hybridized carbons (Fsp3) is 0.333. The summed E-state index contributed by atoms with van der Waals surface area (Å²) in [5, 5.41) is 3.15. The molecule has 0 fully saturated rings. The van der Waals surface area contributed by atoms with Crippen LogP contribution in [0.15, 0.2) is 77.5 Å². The van der Waals surface area contributed by atoms with E-state index in [9.17, 15) is 9.18 Å². The van der Waals surface area contributed by atoms with Gasteiger partial charge in [-0.3, -0.25) is 4.99 Å². The van der Waals surface area contributed by atoms with Crippen LogP contribution in [0.4, 0.5) is 4.39 Å². The van der Waals surface area contributed by atoms with Gasteiger partial charge < -0.3 is 15.0 Å². The lowest BCUT2D eigenvalue weighted by Gasteiger charge is -2.20. The summed E-state index contributed by atoms with van der Waals surface area (Å²) in [6.45, 7) is 15.6. The molecule has 1 unspecified atom stereocenters. The van der Waals surface area contributed by atoms with E-state index in [0.29, 0.717) is 12.2 Å². The second kappa shape index (κ2) is 12.6. The maximum absolute atomic E-state index is 13.2. The third kappa shape index (κ3) is 8.42. The van der Waals surface area contributed by atoms with Gasteiger partial charge in [0.1, 0.15) is 12.1 Å². The molecule has 0 saturated heterocycles. The second-order valence-corrected chi connectivity index (χ2v) is 5.58. The van der Waals surface area contributed by atoms with Crippen molar-refractivity contribution in [1.29, 1.82) is 0 Å². The normalized spacial score (nSPS) is 15.0. The van der Waals surface area contributed by atoms with Crippen LogP contribution in [-0.4, -0.2) is 30.6 Å². The van der Waals surface area contributed by atoms with Crippen molar-refractivity contribution in [2.45, 2.75) is 27.7 Å². The number of nitrogens with one attached hydrogen (secondary N) is 1. The first kappa shape index (κ1) is 23.3. The number of allylic oxidation sites excluding steroid dienone is 8. The SMILES string of the molecule is C=C/C(=C\C=C(\NC(C)=NCC)C(C)C=O)N(C)C(=C)/C=C\C(F)=C/C. The predicted octanol–water partition coefficient (Wildman–Crippen LogP) is 4.68. The molecule has 0 aromatic rings. The van der Waals surface area contributed by atoms with E-state index >= 15 is 0 Å². The Morgan fingerprint density at radius 3 is 2.50 bits per heavy atom. The Morgan fingerprint density at radius 2 is 2.00 bits per heavy atom. The first-order chi connectivity index (χ1) is 12.3. The molecule has 0 aliphatic carbocycles. The molecule has 0 aliphatic rings. The molecule has 0 spiro atoms. The van der Waals surface area contributed by atoms with Gasteiger partial charge in [0, 0.05) is 30.7 Å². The molecule has 0 rings (SSSR count). The van der Waals surface area contributed by atoms with Gasteiger partial charge in [-0.1, -0.05) is 26.2 Å². The monoisotopic (exact) mass is 359 g/mol. The van der Waals surface area contributed by atoms with Gasteiger partial charge in [-0.05, 0) is 51.2 Å². The number of amidine groups is 1. The van der Waals surface area contributed by atoms with Crippen LogP contribution in [0.1, 0.15) is 27.7 Å². The maximum atomic E-state index is 13.2. The highest BCUT2D eigenvalue weighted by atomic mass is 19.1. The summed E-state index contributed by atoms with van der Waals surface area (Å²) in [5.41, 5.74) is 2.08. The van der Waals surface area contributed by atoms with Crippen LogP contribution >= 0.6 is 0 Å². The van der Waals surface area contributed by atoms with Gasteiger partial charge in [0.15, 0.2) is 0 Å². The standard InChI is InChI=1S/C21H30FN3O/c1-8-19(22)12-11-17(5)25(7)20(9-2)13-14-21(16(4)15-26)24-18(6)23-10-3/h8-9,11-16H,2,5,10H2,1,3-4,6-7H3,(H,23,24)/b12-11-,19-8+,20-13+,21-14+. The van der Waals surface area contributed by atoms with Gasteiger partial charge in [-0.2, -0.15) is 0 Å². The average molecular weight is 359 g/mol. The zero-order chi connectivity index (χ0) is 20.1. The Morgan fingerprint density at radius 1 is 1.35 bits per heavy atom. The van der Waals surface area contributed by atoms with Crippen molar-refractivity contribution in [3.63, 3.8) is 0 Å². The molecule has 5 heteroatoms. The molecule has 26 heavy (non-hydrogen) atoms. The van der Waals surface area contributed by atoms with E-state index in [4.69, 9.17) is 0 Å². The highest BCUT2D eigenvalue weighted by Gasteiger charge is 2.08. The number of aldehydes is 1. The zero-order valence-electron chi connectivity index (χ0n) is 16.4. The summed E-state index contributed by atoms with van der Waals surface area (Å²) in [6, 6.07) is 0. The fourth-order valence-corrected chi connectivity index (χ4v) is 1.91. The minimum absolute atomic E-state index is 0.309. The maximum Gasteiger partial charge on any atom is 0.128 e. The molecule has 0 aliphatic heterocycles. The lowest BCUT2D eigenvalue weighted by Crippen LogP contribution is -2.25. The highest BCUT2D eigenvalue weighted by molar-refractivity contribution is 5.82. The summed E-state index contributed by atoms with van der Waals surface area (Å²) < 4.78 is 13.2. The number of aliphatic imine (C=N–C) groups is 1. The predicted molar refractivity (Wildman–Crippen MR) is 109 cm³/mol. The summed E-state index contributed by atoms with van der Waals surface area (Å²) in [7, 11) is 1.81. The molecule has 4 nitrogen and oxygen atoms in total.